The van der Waals surface area contributed by atoms with Crippen molar-refractivity contribution in [1.29, 1.82) is 0 Å². The summed E-state index contributed by atoms with van der Waals surface area (Å²) >= 11 is 5.61. The van der Waals surface area contributed by atoms with Crippen molar-refractivity contribution in [3.8, 4) is 0 Å². The molecular weight excluding hydrogens is 236 g/mol. The Balaban J connectivity index is 1.80. The van der Waals surface area contributed by atoms with Gasteiger partial charge >= 0.3 is 5.97 Å². The lowest BCUT2D eigenvalue weighted by molar-refractivity contribution is -0.163. The summed E-state index contributed by atoms with van der Waals surface area (Å²) in [7, 11) is 0. The Morgan fingerprint density at radius 3 is 3.06 bits per heavy atom. The van der Waals surface area contributed by atoms with Gasteiger partial charge in [0.15, 0.2) is 6.07 Å². The van der Waals surface area contributed by atoms with Crippen LogP contribution in [0.2, 0.25) is 0 Å². The van der Waals surface area contributed by atoms with Gasteiger partial charge in [-0.2, -0.15) is 0 Å². The minimum absolute atomic E-state index is 0.00144. The van der Waals surface area contributed by atoms with Crippen molar-refractivity contribution >= 4 is 17.6 Å². The quantitative estimate of drug-likeness (QED) is 0.327. The molecule has 0 aromatic carbocycles. The maximum atomic E-state index is 12.5. The molecule has 0 N–H and O–H groups in total. The van der Waals surface area contributed by atoms with Gasteiger partial charge in [0, 0.05) is 0 Å². The highest BCUT2D eigenvalue weighted by molar-refractivity contribution is 6.17. The Bertz CT molecular complexity index is 405. The third kappa shape index (κ3) is 1.02. The number of halogens is 1. The molecule has 0 aliphatic heterocycles. The minimum atomic E-state index is -0.183. The first kappa shape index (κ1) is 10.4. The first-order valence-electron chi connectivity index (χ1n) is 6.70. The van der Waals surface area contributed by atoms with Gasteiger partial charge in [0.05, 0.1) is 5.41 Å². The van der Waals surface area contributed by atoms with E-state index in [1.54, 1.807) is 0 Å². The van der Waals surface area contributed by atoms with Gasteiger partial charge in [-0.05, 0) is 55.3 Å². The summed E-state index contributed by atoms with van der Waals surface area (Å²) in [5.74, 6) is 2.96. The molecule has 92 valence electrons. The second-order valence-corrected chi connectivity index (χ2v) is 6.38. The van der Waals surface area contributed by atoms with Crippen LogP contribution in [0.15, 0.2) is 12.2 Å². The molecule has 2 nitrogen and oxygen atoms in total. The maximum absolute atomic E-state index is 12.5. The number of carbonyl (C=O) groups excluding carboxylic acids is 1. The van der Waals surface area contributed by atoms with Crippen LogP contribution in [-0.2, 0) is 9.53 Å². The second kappa shape index (κ2) is 3.28. The summed E-state index contributed by atoms with van der Waals surface area (Å²) in [5.41, 5.74) is -0.183. The maximum Gasteiger partial charge on any atom is 0.314 e. The molecule has 4 aliphatic carbocycles. The number of allylic oxidation sites excluding steroid dienone is 2. The summed E-state index contributed by atoms with van der Waals surface area (Å²) in [6, 6.07) is 0.00574. The predicted molar refractivity (Wildman–Crippen MR) is 64.3 cm³/mol. The number of hydrogen-bond donors (Lipinski definition) is 0. The highest BCUT2D eigenvalue weighted by Gasteiger charge is 2.71. The number of carbonyl (C=O) groups is 1. The number of alkyl halides is 1. The second-order valence-electron chi connectivity index (χ2n) is 6.16. The van der Waals surface area contributed by atoms with Gasteiger partial charge in [0.1, 0.15) is 0 Å². The average molecular weight is 253 g/mol. The first-order valence-corrected chi connectivity index (χ1v) is 7.23. The average Bonchev–Trinajstić information content (AvgIpc) is 3.07. The van der Waals surface area contributed by atoms with Crippen molar-refractivity contribution in [2.75, 3.05) is 6.07 Å². The fraction of sp³-hybridized carbons (Fsp3) is 0.786. The molecule has 3 saturated carbocycles. The van der Waals surface area contributed by atoms with Crippen LogP contribution < -0.4 is 0 Å². The van der Waals surface area contributed by atoms with Crippen LogP contribution in [0.3, 0.4) is 0 Å². The smallest absolute Gasteiger partial charge is 0.314 e. The van der Waals surface area contributed by atoms with E-state index in [2.05, 4.69) is 12.2 Å². The Morgan fingerprint density at radius 1 is 1.35 bits per heavy atom. The van der Waals surface area contributed by atoms with E-state index in [1.807, 2.05) is 0 Å². The molecule has 0 heterocycles. The monoisotopic (exact) mass is 252 g/mol. The zero-order valence-corrected chi connectivity index (χ0v) is 10.5. The molecule has 0 saturated heterocycles. The van der Waals surface area contributed by atoms with E-state index in [4.69, 9.17) is 16.3 Å². The summed E-state index contributed by atoms with van der Waals surface area (Å²) in [6.07, 6.45) is 9.59. The van der Waals surface area contributed by atoms with Gasteiger partial charge in [-0.15, -0.1) is 0 Å². The van der Waals surface area contributed by atoms with Crippen LogP contribution in [-0.4, -0.2) is 12.0 Å². The summed E-state index contributed by atoms with van der Waals surface area (Å²) < 4.78 is 5.23. The molecule has 0 amide bonds. The molecule has 4 aliphatic rings. The van der Waals surface area contributed by atoms with Gasteiger partial charge in [-0.1, -0.05) is 23.8 Å². The number of ether oxygens (including phenoxy) is 1. The lowest BCUT2D eigenvalue weighted by Crippen LogP contribution is -2.47. The highest BCUT2D eigenvalue weighted by Crippen LogP contribution is 2.72. The van der Waals surface area contributed by atoms with Crippen molar-refractivity contribution in [3.63, 3.8) is 0 Å². The van der Waals surface area contributed by atoms with Crippen molar-refractivity contribution < 1.29 is 9.53 Å². The molecule has 4 rings (SSSR count). The SMILES string of the molecule is O=C(OCCl)C12C3C=CC(C3)C1C1CCC2C1. The van der Waals surface area contributed by atoms with Crippen LogP contribution in [0, 0.1) is 35.0 Å². The number of fused-ring (bicyclic) bond motifs is 9. The summed E-state index contributed by atoms with van der Waals surface area (Å²) in [4.78, 5) is 12.5. The van der Waals surface area contributed by atoms with Crippen LogP contribution >= 0.6 is 11.6 Å². The lowest BCUT2D eigenvalue weighted by Gasteiger charge is -2.42. The predicted octanol–water partition coefficient (Wildman–Crippen LogP) is 2.96. The number of esters is 1. The van der Waals surface area contributed by atoms with Gasteiger partial charge in [0.2, 0.25) is 0 Å². The summed E-state index contributed by atoms with van der Waals surface area (Å²) in [5, 5.41) is 0. The normalized spacial score (nSPS) is 53.1. The molecular formula is C14H17ClO2. The molecule has 0 aromatic heterocycles. The molecule has 0 aromatic rings. The van der Waals surface area contributed by atoms with Gasteiger partial charge in [-0.25, -0.2) is 0 Å². The molecule has 3 fully saturated rings. The van der Waals surface area contributed by atoms with Crippen molar-refractivity contribution in [3.05, 3.63) is 12.2 Å². The standard InChI is InChI=1S/C14H17ClO2/c15-7-17-13(16)14-10-3-1-8(5-10)12(14)9-2-4-11(14)6-9/h1,3,8-12H,2,4-7H2. The zero-order valence-electron chi connectivity index (χ0n) is 9.77. The van der Waals surface area contributed by atoms with Gasteiger partial charge < -0.3 is 4.74 Å². The molecule has 6 atom stereocenters. The third-order valence-electron chi connectivity index (χ3n) is 5.94. The minimum Gasteiger partial charge on any atom is -0.449 e. The Labute approximate surface area is 106 Å². The molecule has 0 spiro atoms. The fourth-order valence-corrected chi connectivity index (χ4v) is 5.77. The molecule has 0 radical (unpaired) electrons. The highest BCUT2D eigenvalue weighted by atomic mass is 35.5. The number of rotatable bonds is 2. The first-order chi connectivity index (χ1) is 8.28. The molecule has 4 bridgehead atoms. The Hall–Kier alpha value is -0.500. The molecule has 3 heteroatoms. The van der Waals surface area contributed by atoms with Crippen LogP contribution in [0.4, 0.5) is 0 Å². The van der Waals surface area contributed by atoms with Crippen molar-refractivity contribution in [2.24, 2.45) is 35.0 Å². The topological polar surface area (TPSA) is 26.3 Å². The van der Waals surface area contributed by atoms with Crippen LogP contribution in [0.1, 0.15) is 25.7 Å². The van der Waals surface area contributed by atoms with Crippen molar-refractivity contribution in [2.45, 2.75) is 25.7 Å². The van der Waals surface area contributed by atoms with Gasteiger partial charge in [0.25, 0.3) is 0 Å². The van der Waals surface area contributed by atoms with E-state index in [9.17, 15) is 4.79 Å². The third-order valence-corrected chi connectivity index (χ3v) is 6.05. The van der Waals surface area contributed by atoms with E-state index >= 15 is 0 Å². The van der Waals surface area contributed by atoms with Crippen LogP contribution in [0.5, 0.6) is 0 Å². The van der Waals surface area contributed by atoms with E-state index in [-0.39, 0.29) is 17.5 Å². The van der Waals surface area contributed by atoms with E-state index in [0.717, 1.165) is 5.92 Å². The number of hydrogen-bond acceptors (Lipinski definition) is 2. The lowest BCUT2D eigenvalue weighted by atomic mass is 9.61. The van der Waals surface area contributed by atoms with E-state index < -0.39 is 0 Å². The largest absolute Gasteiger partial charge is 0.449 e. The van der Waals surface area contributed by atoms with Crippen molar-refractivity contribution in [1.82, 2.24) is 0 Å². The molecule has 17 heavy (non-hydrogen) atoms. The van der Waals surface area contributed by atoms with Gasteiger partial charge in [-0.3, -0.25) is 4.79 Å². The Morgan fingerprint density at radius 2 is 2.24 bits per heavy atom. The molecule has 6 unspecified atom stereocenters. The van der Waals surface area contributed by atoms with Crippen LogP contribution in [0.25, 0.3) is 0 Å². The summed E-state index contributed by atoms with van der Waals surface area (Å²) in [6.45, 7) is 0. The Kier molecular flexibility index (Phi) is 2.01. The fourth-order valence-electron chi connectivity index (χ4n) is 5.67. The van der Waals surface area contributed by atoms with E-state index in [1.165, 1.54) is 25.7 Å². The van der Waals surface area contributed by atoms with E-state index in [0.29, 0.717) is 23.7 Å². The zero-order chi connectivity index (χ0) is 11.6.